The van der Waals surface area contributed by atoms with E-state index in [0.717, 1.165) is 0 Å². The van der Waals surface area contributed by atoms with Crippen LogP contribution in [0.15, 0.2) is 24.4 Å². The molecule has 2 heteroatoms. The summed E-state index contributed by atoms with van der Waals surface area (Å²) < 4.78 is 2.38. The van der Waals surface area contributed by atoms with E-state index in [1.54, 1.807) is 0 Å². The van der Waals surface area contributed by atoms with Gasteiger partial charge in [0, 0.05) is 25.0 Å². The lowest BCUT2D eigenvalue weighted by atomic mass is 10.2. The highest BCUT2D eigenvalue weighted by molar-refractivity contribution is 4.96. The van der Waals surface area contributed by atoms with Gasteiger partial charge in [-0.05, 0) is 6.42 Å². The molecule has 80 valence electrons. The van der Waals surface area contributed by atoms with Crippen molar-refractivity contribution in [2.45, 2.75) is 46.1 Å². The Morgan fingerprint density at radius 1 is 1.14 bits per heavy atom. The van der Waals surface area contributed by atoms with Crippen LogP contribution in [0.5, 0.6) is 0 Å². The van der Waals surface area contributed by atoms with E-state index < -0.39 is 0 Å². The maximum Gasteiger partial charge on any atom is 0.181 e. The predicted octanol–water partition coefficient (Wildman–Crippen LogP) is -0.269. The maximum atomic E-state index is 2.38. The van der Waals surface area contributed by atoms with Crippen molar-refractivity contribution in [1.29, 1.82) is 0 Å². The maximum absolute atomic E-state index is 2.38. The summed E-state index contributed by atoms with van der Waals surface area (Å²) in [5, 5.41) is 0. The molecule has 1 nitrogen and oxygen atoms in total. The second-order valence-electron chi connectivity index (χ2n) is 3.49. The number of unbranched alkanes of at least 4 members (excludes halogenated alkanes) is 1. The molecule has 0 saturated carbocycles. The van der Waals surface area contributed by atoms with Crippen LogP contribution in [0.1, 0.15) is 38.8 Å². The van der Waals surface area contributed by atoms with E-state index >= 15 is 0 Å². The predicted molar refractivity (Wildman–Crippen MR) is 55.5 cm³/mol. The van der Waals surface area contributed by atoms with Gasteiger partial charge in [-0.25, -0.2) is 4.57 Å². The zero-order valence-electron chi connectivity index (χ0n) is 9.17. The van der Waals surface area contributed by atoms with E-state index in [1.807, 2.05) is 0 Å². The smallest absolute Gasteiger partial charge is 0.181 e. The van der Waals surface area contributed by atoms with Gasteiger partial charge >= 0.3 is 0 Å². The number of rotatable bonds is 5. The normalized spacial score (nSPS) is 9.57. The van der Waals surface area contributed by atoms with Crippen LogP contribution < -0.4 is 9.27 Å². The first-order valence-electron chi connectivity index (χ1n) is 5.35. The van der Waals surface area contributed by atoms with Crippen molar-refractivity contribution in [3.63, 3.8) is 0 Å². The number of hydrogen-bond acceptors (Lipinski definition) is 0. The molecule has 0 spiro atoms. The molecule has 0 radical (unpaired) electrons. The minimum absolute atomic E-state index is 0. The number of aromatic nitrogens is 1. The molecular weight excluding hydrogens is 177 g/mol. The van der Waals surface area contributed by atoms with Crippen molar-refractivity contribution in [3.8, 4) is 0 Å². The average molecular weight is 197 g/mol. The van der Waals surface area contributed by atoms with Gasteiger partial charge in [0.2, 0.25) is 0 Å². The van der Waals surface area contributed by atoms with Crippen LogP contribution in [0.3, 0.4) is 0 Å². The van der Waals surface area contributed by atoms with Crippen molar-refractivity contribution >= 4 is 0 Å². The Morgan fingerprint density at radius 2 is 1.93 bits per heavy atom. The van der Waals surface area contributed by atoms with Gasteiger partial charge in [-0.3, -0.25) is 0 Å². The summed E-state index contributed by atoms with van der Waals surface area (Å²) in [7, 11) is 0. The Morgan fingerprint density at radius 3 is 2.57 bits per heavy atom. The molecule has 1 rings (SSSR count). The average Bonchev–Trinajstić information content (AvgIpc) is 2.17. The lowest BCUT2D eigenvalue weighted by molar-refractivity contribution is -0.704. The fourth-order valence-electron chi connectivity index (χ4n) is 1.54. The molecule has 0 unspecified atom stereocenters. The summed E-state index contributed by atoms with van der Waals surface area (Å²) in [5.41, 5.74) is 1.47. The van der Waals surface area contributed by atoms with Gasteiger partial charge in [-0.1, -0.05) is 26.3 Å². The Hall–Kier alpha value is -0.920. The standard InChI is InChI=1S/C12H20N.FH/c1-3-5-10-13-11-7-6-9-12(13)8-4-2;/h6-7,9,11H,3-5,8,10H2,1-2H3;1H/q+1;/p-1. The van der Waals surface area contributed by atoms with Gasteiger partial charge < -0.3 is 4.70 Å². The van der Waals surface area contributed by atoms with Crippen molar-refractivity contribution < 1.29 is 9.27 Å². The molecule has 0 N–H and O–H groups in total. The van der Waals surface area contributed by atoms with Gasteiger partial charge in [0.1, 0.15) is 6.54 Å². The number of pyridine rings is 1. The number of hydrogen-bond donors (Lipinski definition) is 0. The monoisotopic (exact) mass is 197 g/mol. The van der Waals surface area contributed by atoms with Gasteiger partial charge in [0.05, 0.1) is 0 Å². The minimum atomic E-state index is 0. The molecule has 1 heterocycles. The van der Waals surface area contributed by atoms with Crippen LogP contribution in [-0.2, 0) is 13.0 Å². The Labute approximate surface area is 86.1 Å². The Bertz CT molecular complexity index is 248. The highest BCUT2D eigenvalue weighted by Gasteiger charge is 2.06. The number of nitrogens with zero attached hydrogens (tertiary/aromatic N) is 1. The van der Waals surface area contributed by atoms with E-state index in [2.05, 4.69) is 42.8 Å². The first-order chi connectivity index (χ1) is 6.38. The van der Waals surface area contributed by atoms with Crippen LogP contribution in [-0.4, -0.2) is 0 Å². The van der Waals surface area contributed by atoms with Gasteiger partial charge in [-0.2, -0.15) is 0 Å². The summed E-state index contributed by atoms with van der Waals surface area (Å²) in [5.74, 6) is 0. The Balaban J connectivity index is 0.00000169. The zero-order valence-corrected chi connectivity index (χ0v) is 9.17. The molecule has 14 heavy (non-hydrogen) atoms. The molecule has 0 fully saturated rings. The van der Waals surface area contributed by atoms with E-state index in [0.29, 0.717) is 0 Å². The molecule has 0 amide bonds. The third kappa shape index (κ3) is 3.86. The molecule has 0 aliphatic rings. The molecule has 0 aliphatic carbocycles. The molecule has 0 saturated heterocycles. The van der Waals surface area contributed by atoms with Crippen LogP contribution >= 0.6 is 0 Å². The fraction of sp³-hybridized carbons (Fsp3) is 0.583. The topological polar surface area (TPSA) is 3.88 Å². The first kappa shape index (κ1) is 13.1. The third-order valence-corrected chi connectivity index (χ3v) is 2.29. The van der Waals surface area contributed by atoms with Crippen molar-refractivity contribution in [2.24, 2.45) is 0 Å². The minimum Gasteiger partial charge on any atom is -1.00 e. The zero-order chi connectivity index (χ0) is 9.52. The van der Waals surface area contributed by atoms with Crippen molar-refractivity contribution in [2.75, 3.05) is 0 Å². The molecule has 0 bridgehead atoms. The molecule has 1 aromatic rings. The number of aryl methyl sites for hydroxylation is 2. The van der Waals surface area contributed by atoms with Gasteiger partial charge in [-0.15, -0.1) is 0 Å². The van der Waals surface area contributed by atoms with Crippen molar-refractivity contribution in [3.05, 3.63) is 30.1 Å². The summed E-state index contributed by atoms with van der Waals surface area (Å²) >= 11 is 0. The lowest BCUT2D eigenvalue weighted by Crippen LogP contribution is -3.00. The van der Waals surface area contributed by atoms with E-state index in [1.165, 1.54) is 37.9 Å². The summed E-state index contributed by atoms with van der Waals surface area (Å²) in [6, 6.07) is 6.49. The highest BCUT2D eigenvalue weighted by Crippen LogP contribution is 1.97. The van der Waals surface area contributed by atoms with Gasteiger partial charge in [0.15, 0.2) is 11.9 Å². The van der Waals surface area contributed by atoms with Crippen molar-refractivity contribution in [1.82, 2.24) is 0 Å². The first-order valence-corrected chi connectivity index (χ1v) is 5.35. The van der Waals surface area contributed by atoms with E-state index in [9.17, 15) is 0 Å². The SMILES string of the molecule is CCCC[n+]1ccccc1CCC.[F-]. The van der Waals surface area contributed by atoms with E-state index in [-0.39, 0.29) is 4.70 Å². The molecule has 0 aromatic carbocycles. The largest absolute Gasteiger partial charge is 1.00 e. The van der Waals surface area contributed by atoms with E-state index in [4.69, 9.17) is 0 Å². The quantitative estimate of drug-likeness (QED) is 0.572. The second kappa shape index (κ2) is 7.48. The molecule has 1 aromatic heterocycles. The third-order valence-electron chi connectivity index (χ3n) is 2.29. The second-order valence-corrected chi connectivity index (χ2v) is 3.49. The van der Waals surface area contributed by atoms with Gasteiger partial charge in [0.25, 0.3) is 0 Å². The molecule has 0 atom stereocenters. The molecular formula is C12H20FN. The fourth-order valence-corrected chi connectivity index (χ4v) is 1.54. The highest BCUT2D eigenvalue weighted by atomic mass is 19.0. The van der Waals surface area contributed by atoms with Crippen LogP contribution in [0.4, 0.5) is 0 Å². The Kier molecular flexibility index (Phi) is 6.99. The summed E-state index contributed by atoms with van der Waals surface area (Å²) in [6.07, 6.45) is 7.18. The summed E-state index contributed by atoms with van der Waals surface area (Å²) in [6.45, 7) is 5.65. The molecule has 0 aliphatic heterocycles. The number of halogens is 1. The van der Waals surface area contributed by atoms with Crippen LogP contribution in [0.2, 0.25) is 0 Å². The summed E-state index contributed by atoms with van der Waals surface area (Å²) in [4.78, 5) is 0. The van der Waals surface area contributed by atoms with Crippen LogP contribution in [0.25, 0.3) is 0 Å². The van der Waals surface area contributed by atoms with Crippen LogP contribution in [0, 0.1) is 0 Å². The lowest BCUT2D eigenvalue weighted by Gasteiger charge is -2.01.